The van der Waals surface area contributed by atoms with Crippen LogP contribution in [0.3, 0.4) is 0 Å². The number of hydrogen-bond donors (Lipinski definition) is 1. The Morgan fingerprint density at radius 1 is 1.54 bits per heavy atom. The number of nitrogens with zero attached hydrogens (tertiary/aromatic N) is 2. The van der Waals surface area contributed by atoms with Crippen molar-refractivity contribution < 1.29 is 4.42 Å². The predicted molar refractivity (Wildman–Crippen MR) is 52.9 cm³/mol. The Morgan fingerprint density at radius 2 is 2.31 bits per heavy atom. The van der Waals surface area contributed by atoms with Gasteiger partial charge in [-0.25, -0.2) is 0 Å². The van der Waals surface area contributed by atoms with Gasteiger partial charge < -0.3 is 9.73 Å². The van der Waals surface area contributed by atoms with E-state index in [-0.39, 0.29) is 0 Å². The molecule has 0 aliphatic carbocycles. The maximum Gasteiger partial charge on any atom is 0.276 e. The van der Waals surface area contributed by atoms with Crippen LogP contribution in [0.4, 0.5) is 0 Å². The summed E-state index contributed by atoms with van der Waals surface area (Å²) in [5.74, 6) is 1.58. The second kappa shape index (κ2) is 5.24. The minimum absolute atomic E-state index is 0.474. The number of nitrogens with one attached hydrogen (secondary N) is 1. The van der Waals surface area contributed by atoms with Gasteiger partial charge in [-0.3, -0.25) is 0 Å². The zero-order valence-electron chi connectivity index (χ0n) is 8.20. The van der Waals surface area contributed by atoms with E-state index in [9.17, 15) is 0 Å². The highest BCUT2D eigenvalue weighted by atomic mass is 32.2. The van der Waals surface area contributed by atoms with E-state index >= 15 is 0 Å². The molecule has 1 unspecified atom stereocenters. The van der Waals surface area contributed by atoms with Crippen molar-refractivity contribution in [3.8, 4) is 0 Å². The van der Waals surface area contributed by atoms with Crippen molar-refractivity contribution in [2.75, 3.05) is 12.3 Å². The van der Waals surface area contributed by atoms with Crippen molar-refractivity contribution in [2.24, 2.45) is 0 Å². The molecule has 4 nitrogen and oxygen atoms in total. The zero-order valence-corrected chi connectivity index (χ0v) is 9.02. The van der Waals surface area contributed by atoms with E-state index in [2.05, 4.69) is 29.4 Å². The van der Waals surface area contributed by atoms with Crippen molar-refractivity contribution in [3.05, 3.63) is 5.89 Å². The van der Waals surface area contributed by atoms with Gasteiger partial charge in [0, 0.05) is 18.7 Å². The summed E-state index contributed by atoms with van der Waals surface area (Å²) in [5.41, 5.74) is 0. The summed E-state index contributed by atoms with van der Waals surface area (Å²) >= 11 is 1.59. The lowest BCUT2D eigenvalue weighted by atomic mass is 10.4. The summed E-state index contributed by atoms with van der Waals surface area (Å²) in [6.45, 7) is 7.02. The molecular weight excluding hydrogens is 186 g/mol. The van der Waals surface area contributed by atoms with Crippen molar-refractivity contribution in [1.82, 2.24) is 15.5 Å². The first-order valence-corrected chi connectivity index (χ1v) is 5.37. The molecule has 0 aliphatic heterocycles. The lowest BCUT2D eigenvalue weighted by Crippen LogP contribution is -2.27. The molecule has 0 fully saturated rings. The van der Waals surface area contributed by atoms with Gasteiger partial charge in [-0.15, -0.1) is 10.2 Å². The number of hydrogen-bond acceptors (Lipinski definition) is 5. The fraction of sp³-hybridized carbons (Fsp3) is 0.750. The van der Waals surface area contributed by atoms with Crippen LogP contribution < -0.4 is 5.32 Å². The van der Waals surface area contributed by atoms with Crippen LogP contribution in [0.1, 0.15) is 19.7 Å². The molecular formula is C8H15N3OS. The Hall–Kier alpha value is -0.550. The van der Waals surface area contributed by atoms with Gasteiger partial charge in [0.05, 0.1) is 0 Å². The number of thioether (sulfide) groups is 1. The fourth-order valence-electron chi connectivity index (χ4n) is 0.940. The molecule has 0 spiro atoms. The van der Waals surface area contributed by atoms with Crippen LogP contribution in [0.25, 0.3) is 0 Å². The fourth-order valence-corrected chi connectivity index (χ4v) is 1.73. The third-order valence-corrected chi connectivity index (χ3v) is 2.60. The van der Waals surface area contributed by atoms with Crippen LogP contribution in [-0.2, 0) is 0 Å². The van der Waals surface area contributed by atoms with E-state index in [1.807, 2.05) is 0 Å². The van der Waals surface area contributed by atoms with Crippen molar-refractivity contribution in [2.45, 2.75) is 32.0 Å². The lowest BCUT2D eigenvalue weighted by molar-refractivity contribution is 0.428. The first-order valence-electron chi connectivity index (χ1n) is 4.38. The van der Waals surface area contributed by atoms with E-state index in [4.69, 9.17) is 4.42 Å². The normalized spacial score (nSPS) is 13.2. The second-order valence-electron chi connectivity index (χ2n) is 2.86. The molecule has 0 aliphatic rings. The molecule has 0 bridgehead atoms. The molecule has 1 atom stereocenters. The quantitative estimate of drug-likeness (QED) is 0.731. The third-order valence-electron chi connectivity index (χ3n) is 1.52. The Morgan fingerprint density at radius 3 is 2.85 bits per heavy atom. The molecule has 1 N–H and O–H groups in total. The van der Waals surface area contributed by atoms with Crippen LogP contribution >= 0.6 is 11.8 Å². The average Bonchev–Trinajstić information content (AvgIpc) is 2.49. The minimum atomic E-state index is 0.474. The maximum atomic E-state index is 5.22. The Bertz CT molecular complexity index is 251. The van der Waals surface area contributed by atoms with Crippen LogP contribution in [0.5, 0.6) is 0 Å². The smallest absolute Gasteiger partial charge is 0.276 e. The average molecular weight is 201 g/mol. The number of rotatable bonds is 5. The topological polar surface area (TPSA) is 51.0 Å². The van der Waals surface area contributed by atoms with E-state index in [0.717, 1.165) is 12.3 Å². The molecule has 0 saturated carbocycles. The van der Waals surface area contributed by atoms with E-state index in [1.54, 1.807) is 18.7 Å². The molecule has 0 radical (unpaired) electrons. The molecule has 1 heterocycles. The largest absolute Gasteiger partial charge is 0.416 e. The van der Waals surface area contributed by atoms with E-state index < -0.39 is 0 Å². The summed E-state index contributed by atoms with van der Waals surface area (Å²) in [4.78, 5) is 0. The van der Waals surface area contributed by atoms with Crippen LogP contribution in [0.15, 0.2) is 9.64 Å². The van der Waals surface area contributed by atoms with Crippen LogP contribution in [0.2, 0.25) is 0 Å². The van der Waals surface area contributed by atoms with Gasteiger partial charge in [-0.05, 0) is 13.5 Å². The molecule has 1 aromatic heterocycles. The summed E-state index contributed by atoms with van der Waals surface area (Å²) in [5, 5.41) is 11.6. The summed E-state index contributed by atoms with van der Waals surface area (Å²) < 4.78 is 5.22. The molecule has 5 heteroatoms. The van der Waals surface area contributed by atoms with Gasteiger partial charge in [0.25, 0.3) is 5.22 Å². The van der Waals surface area contributed by atoms with Gasteiger partial charge >= 0.3 is 0 Å². The molecule has 1 aromatic rings. The monoisotopic (exact) mass is 201 g/mol. The Labute approximate surface area is 82.5 Å². The first-order chi connectivity index (χ1) is 6.22. The summed E-state index contributed by atoms with van der Waals surface area (Å²) in [7, 11) is 0. The zero-order chi connectivity index (χ0) is 9.68. The molecule has 74 valence electrons. The van der Waals surface area contributed by atoms with Crippen LogP contribution in [0, 0.1) is 6.92 Å². The van der Waals surface area contributed by atoms with Gasteiger partial charge in [0.1, 0.15) is 0 Å². The standard InChI is InChI=1S/C8H15N3OS/c1-4-9-6(2)5-13-8-11-10-7(3)12-8/h6,9H,4-5H2,1-3H3. The maximum absolute atomic E-state index is 5.22. The minimum Gasteiger partial charge on any atom is -0.416 e. The lowest BCUT2D eigenvalue weighted by Gasteiger charge is -2.08. The summed E-state index contributed by atoms with van der Waals surface area (Å²) in [6, 6.07) is 0.474. The highest BCUT2D eigenvalue weighted by Crippen LogP contribution is 2.16. The SMILES string of the molecule is CCNC(C)CSc1nnc(C)o1. The first kappa shape index (κ1) is 10.5. The van der Waals surface area contributed by atoms with Gasteiger partial charge in [0.15, 0.2) is 0 Å². The molecule has 0 aromatic carbocycles. The van der Waals surface area contributed by atoms with Gasteiger partial charge in [0.2, 0.25) is 5.89 Å². The van der Waals surface area contributed by atoms with Crippen molar-refractivity contribution in [1.29, 1.82) is 0 Å². The molecule has 0 amide bonds. The summed E-state index contributed by atoms with van der Waals surface area (Å²) in [6.07, 6.45) is 0. The molecule has 1 rings (SSSR count). The second-order valence-corrected chi connectivity index (χ2v) is 3.83. The number of aromatic nitrogens is 2. The third kappa shape index (κ3) is 3.78. The van der Waals surface area contributed by atoms with Crippen molar-refractivity contribution in [3.63, 3.8) is 0 Å². The Kier molecular flexibility index (Phi) is 4.24. The highest BCUT2D eigenvalue weighted by Gasteiger charge is 2.05. The van der Waals surface area contributed by atoms with Crippen LogP contribution in [-0.4, -0.2) is 28.5 Å². The molecule has 0 saturated heterocycles. The van der Waals surface area contributed by atoms with E-state index in [1.165, 1.54) is 0 Å². The van der Waals surface area contributed by atoms with Gasteiger partial charge in [-0.1, -0.05) is 18.7 Å². The van der Waals surface area contributed by atoms with Crippen molar-refractivity contribution >= 4 is 11.8 Å². The Balaban J connectivity index is 2.26. The number of aryl methyl sites for hydroxylation is 1. The van der Waals surface area contributed by atoms with E-state index in [0.29, 0.717) is 17.2 Å². The highest BCUT2D eigenvalue weighted by molar-refractivity contribution is 7.99. The predicted octanol–water partition coefficient (Wildman–Crippen LogP) is 1.47. The van der Waals surface area contributed by atoms with Gasteiger partial charge in [-0.2, -0.15) is 0 Å². The molecule has 13 heavy (non-hydrogen) atoms.